The van der Waals surface area contributed by atoms with Crippen LogP contribution >= 0.6 is 0 Å². The van der Waals surface area contributed by atoms with Crippen molar-refractivity contribution in [1.29, 1.82) is 5.26 Å². The fourth-order valence-corrected chi connectivity index (χ4v) is 1.88. The van der Waals surface area contributed by atoms with Crippen LogP contribution in [0.4, 0.5) is 10.2 Å². The third-order valence-corrected chi connectivity index (χ3v) is 2.81. The molecule has 2 rings (SSSR count). The predicted octanol–water partition coefficient (Wildman–Crippen LogP) is 2.52. The van der Waals surface area contributed by atoms with Crippen molar-refractivity contribution in [2.45, 2.75) is 6.92 Å². The molecule has 0 aliphatic rings. The van der Waals surface area contributed by atoms with E-state index < -0.39 is 11.8 Å². The van der Waals surface area contributed by atoms with Gasteiger partial charge in [-0.05, 0) is 19.1 Å². The zero-order valence-corrected chi connectivity index (χ0v) is 11.3. The fourth-order valence-electron chi connectivity index (χ4n) is 1.88. The molecule has 0 atom stereocenters. The number of hydrogen-bond acceptors (Lipinski definition) is 5. The molecule has 2 N–H and O–H groups in total. The molecule has 0 bridgehead atoms. The highest BCUT2D eigenvalue weighted by atomic mass is 19.1. The molecule has 106 valence electrons. The average Bonchev–Trinajstić information content (AvgIpc) is 2.47. The number of ether oxygens (including phenoxy) is 1. The topological polar surface area (TPSA) is 89.0 Å². The zero-order valence-electron chi connectivity index (χ0n) is 11.3. The summed E-state index contributed by atoms with van der Waals surface area (Å²) < 4.78 is 18.8. The van der Waals surface area contributed by atoms with E-state index >= 15 is 0 Å². The number of nitrogens with two attached hydrogens (primary N) is 1. The van der Waals surface area contributed by atoms with E-state index in [9.17, 15) is 14.4 Å². The van der Waals surface area contributed by atoms with Gasteiger partial charge in [0.2, 0.25) is 0 Å². The van der Waals surface area contributed by atoms with Crippen molar-refractivity contribution in [2.24, 2.45) is 0 Å². The maximum absolute atomic E-state index is 13.9. The molecule has 6 heteroatoms. The number of aromatic nitrogens is 1. The Morgan fingerprint density at radius 1 is 1.43 bits per heavy atom. The van der Waals surface area contributed by atoms with Crippen LogP contribution in [0.1, 0.15) is 23.0 Å². The Bertz CT molecular complexity index is 738. The van der Waals surface area contributed by atoms with E-state index in [1.807, 2.05) is 6.07 Å². The van der Waals surface area contributed by atoms with Crippen molar-refractivity contribution < 1.29 is 13.9 Å². The van der Waals surface area contributed by atoms with Gasteiger partial charge in [0, 0.05) is 11.1 Å². The molecule has 0 unspecified atom stereocenters. The Morgan fingerprint density at radius 3 is 2.76 bits per heavy atom. The van der Waals surface area contributed by atoms with E-state index in [4.69, 9.17) is 10.5 Å². The molecule has 0 saturated heterocycles. The molecule has 2 aromatic rings. The van der Waals surface area contributed by atoms with Gasteiger partial charge < -0.3 is 10.5 Å². The van der Waals surface area contributed by atoms with Crippen LogP contribution in [-0.4, -0.2) is 17.6 Å². The first kappa shape index (κ1) is 14.5. The quantitative estimate of drug-likeness (QED) is 0.875. The van der Waals surface area contributed by atoms with Gasteiger partial charge in [-0.1, -0.05) is 18.2 Å². The molecular weight excluding hydrogens is 273 g/mol. The third kappa shape index (κ3) is 2.82. The van der Waals surface area contributed by atoms with Gasteiger partial charge in [-0.3, -0.25) is 0 Å². The number of esters is 1. The monoisotopic (exact) mass is 285 g/mol. The normalized spacial score (nSPS) is 9.95. The molecule has 0 fully saturated rings. The Balaban J connectivity index is 2.67. The minimum atomic E-state index is -0.675. The first-order valence-corrected chi connectivity index (χ1v) is 6.21. The molecule has 1 aromatic carbocycles. The molecule has 1 heterocycles. The highest BCUT2D eigenvalue weighted by Crippen LogP contribution is 2.29. The van der Waals surface area contributed by atoms with Gasteiger partial charge in [-0.15, -0.1) is 0 Å². The summed E-state index contributed by atoms with van der Waals surface area (Å²) in [7, 11) is 0. The van der Waals surface area contributed by atoms with E-state index in [1.165, 1.54) is 24.3 Å². The number of nitrogens with zero attached hydrogens (tertiary/aromatic N) is 2. The summed E-state index contributed by atoms with van der Waals surface area (Å²) in [6, 6.07) is 9.11. The minimum Gasteiger partial charge on any atom is -0.461 e. The number of carbonyl (C=O) groups is 1. The van der Waals surface area contributed by atoms with E-state index in [2.05, 4.69) is 4.98 Å². The second kappa shape index (κ2) is 6.01. The molecule has 0 spiro atoms. The predicted molar refractivity (Wildman–Crippen MR) is 74.7 cm³/mol. The number of halogens is 1. The lowest BCUT2D eigenvalue weighted by Gasteiger charge is -2.10. The summed E-state index contributed by atoms with van der Waals surface area (Å²) in [5.74, 6) is -1.33. The number of rotatable bonds is 3. The second-order valence-corrected chi connectivity index (χ2v) is 4.13. The maximum Gasteiger partial charge on any atom is 0.357 e. The first-order chi connectivity index (χ1) is 10.1. The van der Waals surface area contributed by atoms with E-state index in [0.717, 1.165) is 0 Å². The molecule has 0 aliphatic heterocycles. The van der Waals surface area contributed by atoms with Crippen LogP contribution in [0.5, 0.6) is 0 Å². The zero-order chi connectivity index (χ0) is 15.4. The fraction of sp³-hybridized carbons (Fsp3) is 0.133. The Labute approximate surface area is 120 Å². The van der Waals surface area contributed by atoms with Crippen LogP contribution in [0.15, 0.2) is 30.3 Å². The van der Waals surface area contributed by atoms with Crippen LogP contribution in [0, 0.1) is 17.1 Å². The van der Waals surface area contributed by atoms with Crippen LogP contribution in [0.2, 0.25) is 0 Å². The SMILES string of the molecule is CCOC(=O)c1cc(-c2ccccc2F)c(C#N)c(N)n1. The van der Waals surface area contributed by atoms with Gasteiger partial charge >= 0.3 is 5.97 Å². The Morgan fingerprint density at radius 2 is 2.14 bits per heavy atom. The Hall–Kier alpha value is -2.94. The molecule has 0 amide bonds. The molecular formula is C15H12FN3O2. The average molecular weight is 285 g/mol. The largest absolute Gasteiger partial charge is 0.461 e. The lowest BCUT2D eigenvalue weighted by Crippen LogP contribution is -2.10. The van der Waals surface area contributed by atoms with E-state index in [-0.39, 0.29) is 34.8 Å². The number of anilines is 1. The summed E-state index contributed by atoms with van der Waals surface area (Å²) in [6.07, 6.45) is 0. The second-order valence-electron chi connectivity index (χ2n) is 4.13. The van der Waals surface area contributed by atoms with Gasteiger partial charge in [-0.25, -0.2) is 14.2 Å². The number of pyridine rings is 1. The van der Waals surface area contributed by atoms with Gasteiger partial charge in [0.1, 0.15) is 23.3 Å². The summed E-state index contributed by atoms with van der Waals surface area (Å²) >= 11 is 0. The lowest BCUT2D eigenvalue weighted by molar-refractivity contribution is 0.0519. The number of nitriles is 1. The highest BCUT2D eigenvalue weighted by Gasteiger charge is 2.18. The van der Waals surface area contributed by atoms with Crippen molar-refractivity contribution in [2.75, 3.05) is 12.3 Å². The molecule has 21 heavy (non-hydrogen) atoms. The van der Waals surface area contributed by atoms with Crippen molar-refractivity contribution in [3.05, 3.63) is 47.4 Å². The van der Waals surface area contributed by atoms with Crippen molar-refractivity contribution in [1.82, 2.24) is 4.98 Å². The molecule has 0 aliphatic carbocycles. The van der Waals surface area contributed by atoms with Gasteiger partial charge in [0.05, 0.1) is 6.61 Å². The summed E-state index contributed by atoms with van der Waals surface area (Å²) in [6.45, 7) is 1.83. The number of benzene rings is 1. The van der Waals surface area contributed by atoms with E-state index in [1.54, 1.807) is 13.0 Å². The Kier molecular flexibility index (Phi) is 4.14. The van der Waals surface area contributed by atoms with Crippen LogP contribution in [0.25, 0.3) is 11.1 Å². The molecule has 1 aromatic heterocycles. The van der Waals surface area contributed by atoms with Crippen LogP contribution in [-0.2, 0) is 4.74 Å². The molecule has 5 nitrogen and oxygen atoms in total. The maximum atomic E-state index is 13.9. The van der Waals surface area contributed by atoms with Gasteiger partial charge in [0.15, 0.2) is 5.69 Å². The van der Waals surface area contributed by atoms with Crippen molar-refractivity contribution in [3.63, 3.8) is 0 Å². The third-order valence-electron chi connectivity index (χ3n) is 2.81. The smallest absolute Gasteiger partial charge is 0.357 e. The molecule has 0 radical (unpaired) electrons. The first-order valence-electron chi connectivity index (χ1n) is 6.21. The van der Waals surface area contributed by atoms with Crippen LogP contribution in [0.3, 0.4) is 0 Å². The minimum absolute atomic E-state index is 0.0214. The van der Waals surface area contributed by atoms with Crippen LogP contribution < -0.4 is 5.73 Å². The molecule has 0 saturated carbocycles. The van der Waals surface area contributed by atoms with Crippen molar-refractivity contribution >= 4 is 11.8 Å². The van der Waals surface area contributed by atoms with E-state index in [0.29, 0.717) is 0 Å². The summed E-state index contributed by atoms with van der Waals surface area (Å²) in [4.78, 5) is 15.6. The van der Waals surface area contributed by atoms with Crippen molar-refractivity contribution in [3.8, 4) is 17.2 Å². The lowest BCUT2D eigenvalue weighted by atomic mass is 10.00. The van der Waals surface area contributed by atoms with Gasteiger partial charge in [-0.2, -0.15) is 5.26 Å². The number of nitrogen functional groups attached to an aromatic ring is 1. The number of carbonyl (C=O) groups excluding carboxylic acids is 1. The highest BCUT2D eigenvalue weighted by molar-refractivity contribution is 5.91. The summed E-state index contributed by atoms with van der Waals surface area (Å²) in [5, 5.41) is 9.18. The summed E-state index contributed by atoms with van der Waals surface area (Å²) in [5.41, 5.74) is 6.04. The van der Waals surface area contributed by atoms with Gasteiger partial charge in [0.25, 0.3) is 0 Å². The number of hydrogen-bond donors (Lipinski definition) is 1. The standard InChI is InChI=1S/C15H12FN3O2/c1-2-21-15(20)13-7-10(11(8-17)14(18)19-13)9-5-3-4-6-12(9)16/h3-7H,2H2,1H3,(H2,18,19).